The van der Waals surface area contributed by atoms with Crippen LogP contribution in [-0.2, 0) is 0 Å². The first kappa shape index (κ1) is 11.2. The van der Waals surface area contributed by atoms with E-state index in [-0.39, 0.29) is 12.0 Å². The summed E-state index contributed by atoms with van der Waals surface area (Å²) in [4.78, 5) is 2.35. The monoisotopic (exact) mass is 214 g/mol. The van der Waals surface area contributed by atoms with Gasteiger partial charge in [-0.05, 0) is 32.6 Å². The van der Waals surface area contributed by atoms with Gasteiger partial charge in [0.05, 0.1) is 6.07 Å². The van der Waals surface area contributed by atoms with Crippen molar-refractivity contribution in [2.75, 3.05) is 6.54 Å². The number of fused-ring (bicyclic) bond motifs is 1. The lowest BCUT2D eigenvalue weighted by Crippen LogP contribution is -2.52. The molecule has 0 saturated carbocycles. The summed E-state index contributed by atoms with van der Waals surface area (Å²) in [6, 6.07) is 2.99. The van der Waals surface area contributed by atoms with Gasteiger partial charge in [0.1, 0.15) is 6.04 Å². The van der Waals surface area contributed by atoms with Crippen LogP contribution in [0.25, 0.3) is 0 Å². The molecule has 0 spiro atoms. The lowest BCUT2D eigenvalue weighted by molar-refractivity contribution is 0.0746. The van der Waals surface area contributed by atoms with Crippen molar-refractivity contribution in [2.24, 2.45) is 5.92 Å². The van der Waals surface area contributed by atoms with Crippen molar-refractivity contribution in [3.63, 3.8) is 0 Å². The van der Waals surface area contributed by atoms with Crippen molar-refractivity contribution >= 4 is 0 Å². The summed E-state index contributed by atoms with van der Waals surface area (Å²) in [6.45, 7) is 6.92. The summed E-state index contributed by atoms with van der Waals surface area (Å²) in [5, 5.41) is 9.31. The van der Waals surface area contributed by atoms with Gasteiger partial charge in [0.2, 0.25) is 0 Å². The minimum absolute atomic E-state index is 0.000648. The Balaban J connectivity index is 2.16. The van der Waals surface area contributed by atoms with Crippen LogP contribution in [-0.4, -0.2) is 23.5 Å². The highest BCUT2D eigenvalue weighted by Gasteiger charge is 2.38. The van der Waals surface area contributed by atoms with Crippen LogP contribution in [0.15, 0.2) is 12.2 Å². The molecule has 2 aliphatic rings. The minimum Gasteiger partial charge on any atom is -0.283 e. The Hall–Kier alpha value is -1.25. The molecule has 0 aliphatic carbocycles. The van der Waals surface area contributed by atoms with Crippen LogP contribution in [0.2, 0.25) is 0 Å². The maximum atomic E-state index is 9.31. The molecule has 0 N–H and O–H groups in total. The lowest BCUT2D eigenvalue weighted by Gasteiger charge is -2.45. The van der Waals surface area contributed by atoms with Crippen LogP contribution in [0, 0.1) is 29.1 Å². The molecule has 2 nitrogen and oxygen atoms in total. The van der Waals surface area contributed by atoms with E-state index in [4.69, 9.17) is 0 Å². The maximum Gasteiger partial charge on any atom is 0.112 e. The predicted octanol–water partition coefficient (Wildman–Crippen LogP) is 2.33. The van der Waals surface area contributed by atoms with E-state index in [1.165, 1.54) is 5.57 Å². The standard InChI is InChI=1S/C14H18N2/c1-3-4-12-5-6-13-9-11(2)7-8-16(13)14(12)10-15/h12-14H,2,5-9H2,1H3/t12?,13-,14?/m1/s1. The maximum absolute atomic E-state index is 9.31. The Bertz CT molecular complexity index is 380. The van der Waals surface area contributed by atoms with E-state index in [0.717, 1.165) is 32.2 Å². The van der Waals surface area contributed by atoms with Crippen molar-refractivity contribution < 1.29 is 0 Å². The molecule has 2 aliphatic heterocycles. The van der Waals surface area contributed by atoms with Gasteiger partial charge in [0.15, 0.2) is 0 Å². The zero-order valence-corrected chi connectivity index (χ0v) is 9.87. The fourth-order valence-electron chi connectivity index (χ4n) is 2.92. The van der Waals surface area contributed by atoms with E-state index >= 15 is 0 Å². The fourth-order valence-corrected chi connectivity index (χ4v) is 2.92. The average molecular weight is 214 g/mol. The first-order chi connectivity index (χ1) is 7.76. The molecule has 0 bridgehead atoms. The van der Waals surface area contributed by atoms with Crippen molar-refractivity contribution in [2.45, 2.75) is 44.7 Å². The molecule has 0 aromatic rings. The second-order valence-corrected chi connectivity index (χ2v) is 4.75. The fraction of sp³-hybridized carbons (Fsp3) is 0.643. The zero-order valence-electron chi connectivity index (χ0n) is 9.87. The molecule has 2 rings (SSSR count). The summed E-state index contributed by atoms with van der Waals surface area (Å²) in [7, 11) is 0. The van der Waals surface area contributed by atoms with E-state index in [1.54, 1.807) is 0 Å². The smallest absolute Gasteiger partial charge is 0.112 e. The van der Waals surface area contributed by atoms with Gasteiger partial charge in [-0.25, -0.2) is 0 Å². The number of nitriles is 1. The third-order valence-corrected chi connectivity index (χ3v) is 3.73. The van der Waals surface area contributed by atoms with Gasteiger partial charge in [-0.15, -0.1) is 5.92 Å². The van der Waals surface area contributed by atoms with E-state index in [1.807, 2.05) is 6.92 Å². The van der Waals surface area contributed by atoms with Crippen molar-refractivity contribution in [1.82, 2.24) is 4.90 Å². The Morgan fingerprint density at radius 2 is 2.25 bits per heavy atom. The van der Waals surface area contributed by atoms with Gasteiger partial charge >= 0.3 is 0 Å². The normalized spacial score (nSPS) is 34.5. The number of rotatable bonds is 0. The number of hydrogen-bond acceptors (Lipinski definition) is 2. The van der Waals surface area contributed by atoms with Gasteiger partial charge < -0.3 is 0 Å². The van der Waals surface area contributed by atoms with E-state index in [2.05, 4.69) is 29.4 Å². The number of nitrogens with zero attached hydrogens (tertiary/aromatic N) is 2. The summed E-state index contributed by atoms with van der Waals surface area (Å²) >= 11 is 0. The highest BCUT2D eigenvalue weighted by molar-refractivity contribution is 5.17. The quantitative estimate of drug-likeness (QED) is 0.457. The average Bonchev–Trinajstić information content (AvgIpc) is 2.29. The van der Waals surface area contributed by atoms with Crippen LogP contribution < -0.4 is 0 Å². The van der Waals surface area contributed by atoms with Crippen LogP contribution in [0.1, 0.15) is 32.6 Å². The predicted molar refractivity (Wildman–Crippen MR) is 64.4 cm³/mol. The summed E-state index contributed by atoms with van der Waals surface area (Å²) in [6.07, 6.45) is 4.34. The largest absolute Gasteiger partial charge is 0.283 e. The van der Waals surface area contributed by atoms with Gasteiger partial charge in [-0.2, -0.15) is 5.26 Å². The molecule has 0 aromatic heterocycles. The Morgan fingerprint density at radius 3 is 2.94 bits per heavy atom. The second-order valence-electron chi connectivity index (χ2n) is 4.75. The second kappa shape index (κ2) is 4.73. The van der Waals surface area contributed by atoms with Crippen molar-refractivity contribution in [3.8, 4) is 17.9 Å². The number of hydrogen-bond donors (Lipinski definition) is 0. The Kier molecular flexibility index (Phi) is 3.32. The van der Waals surface area contributed by atoms with Crippen LogP contribution >= 0.6 is 0 Å². The van der Waals surface area contributed by atoms with Gasteiger partial charge in [0, 0.05) is 18.5 Å². The summed E-state index contributed by atoms with van der Waals surface area (Å²) in [5.74, 6) is 6.40. The summed E-state index contributed by atoms with van der Waals surface area (Å²) < 4.78 is 0. The van der Waals surface area contributed by atoms with Gasteiger partial charge in [0.25, 0.3) is 0 Å². The van der Waals surface area contributed by atoms with Gasteiger partial charge in [-0.1, -0.05) is 18.1 Å². The van der Waals surface area contributed by atoms with Crippen molar-refractivity contribution in [3.05, 3.63) is 12.2 Å². The molecule has 2 heteroatoms. The van der Waals surface area contributed by atoms with Gasteiger partial charge in [-0.3, -0.25) is 4.90 Å². The number of piperidine rings is 2. The molecule has 2 saturated heterocycles. The van der Waals surface area contributed by atoms with Crippen LogP contribution in [0.5, 0.6) is 0 Å². The molecule has 84 valence electrons. The Labute approximate surface area is 97.9 Å². The molecule has 2 fully saturated rings. The van der Waals surface area contributed by atoms with E-state index in [9.17, 15) is 5.26 Å². The highest BCUT2D eigenvalue weighted by atomic mass is 15.2. The third-order valence-electron chi connectivity index (χ3n) is 3.73. The van der Waals surface area contributed by atoms with E-state index < -0.39 is 0 Å². The molecular formula is C14H18N2. The first-order valence-corrected chi connectivity index (χ1v) is 6.00. The van der Waals surface area contributed by atoms with E-state index in [0.29, 0.717) is 6.04 Å². The molecule has 16 heavy (non-hydrogen) atoms. The molecular weight excluding hydrogens is 196 g/mol. The molecule has 0 aromatic carbocycles. The summed E-state index contributed by atoms with van der Waals surface area (Å²) in [5.41, 5.74) is 1.35. The van der Waals surface area contributed by atoms with Crippen LogP contribution in [0.4, 0.5) is 0 Å². The Morgan fingerprint density at radius 1 is 1.44 bits per heavy atom. The first-order valence-electron chi connectivity index (χ1n) is 6.00. The highest BCUT2D eigenvalue weighted by Crippen LogP contribution is 2.34. The third kappa shape index (κ3) is 1.99. The molecule has 3 atom stereocenters. The minimum atomic E-state index is -0.000648. The molecule has 2 heterocycles. The molecule has 2 unspecified atom stereocenters. The zero-order chi connectivity index (χ0) is 11.5. The lowest BCUT2D eigenvalue weighted by atomic mass is 9.81. The SMILES string of the molecule is C=C1CCN2C(C#N)C(C#CC)CC[C@@H]2C1. The van der Waals surface area contributed by atoms with Crippen LogP contribution in [0.3, 0.4) is 0 Å². The molecule has 0 amide bonds. The molecule has 0 radical (unpaired) electrons. The topological polar surface area (TPSA) is 27.0 Å². The van der Waals surface area contributed by atoms with Crippen molar-refractivity contribution in [1.29, 1.82) is 5.26 Å².